The molecule has 2 atom stereocenters. The summed E-state index contributed by atoms with van der Waals surface area (Å²) < 4.78 is 25.8. The van der Waals surface area contributed by atoms with Crippen molar-refractivity contribution in [3.8, 4) is 0 Å². The van der Waals surface area contributed by atoms with Crippen molar-refractivity contribution in [2.45, 2.75) is 39.2 Å². The van der Waals surface area contributed by atoms with Crippen molar-refractivity contribution in [3.63, 3.8) is 0 Å². The maximum absolute atomic E-state index is 11.5. The molecule has 0 spiro atoms. The fraction of sp³-hybridized carbons (Fsp3) is 1.00. The highest BCUT2D eigenvalue weighted by molar-refractivity contribution is 7.89. The molecule has 0 heterocycles. The molecule has 0 aromatic rings. The van der Waals surface area contributed by atoms with E-state index < -0.39 is 10.0 Å². The second-order valence-corrected chi connectivity index (χ2v) is 6.19. The summed E-state index contributed by atoms with van der Waals surface area (Å²) in [6.07, 6.45) is 2.66. The Kier molecular flexibility index (Phi) is 5.02. The highest BCUT2D eigenvalue weighted by Gasteiger charge is 2.35. The molecule has 2 unspecified atom stereocenters. The van der Waals surface area contributed by atoms with Gasteiger partial charge in [-0.05, 0) is 38.3 Å². The van der Waals surface area contributed by atoms with Gasteiger partial charge in [0.2, 0.25) is 10.0 Å². The Labute approximate surface area is 92.9 Å². The average molecular weight is 234 g/mol. The maximum atomic E-state index is 11.5. The molecule has 1 rings (SSSR count). The largest absolute Gasteiger partial charge is 0.317 e. The third-order valence-corrected chi connectivity index (χ3v) is 4.20. The van der Waals surface area contributed by atoms with Crippen LogP contribution in [0.25, 0.3) is 0 Å². The molecular weight excluding hydrogens is 212 g/mol. The minimum atomic E-state index is -3.02. The van der Waals surface area contributed by atoms with Crippen molar-refractivity contribution < 1.29 is 8.42 Å². The van der Waals surface area contributed by atoms with Crippen molar-refractivity contribution in [2.75, 3.05) is 18.8 Å². The summed E-state index contributed by atoms with van der Waals surface area (Å²) in [5, 5.41) is 3.18. The van der Waals surface area contributed by atoms with Gasteiger partial charge in [-0.2, -0.15) is 0 Å². The van der Waals surface area contributed by atoms with E-state index in [1.807, 2.05) is 6.92 Å². The molecule has 0 aromatic heterocycles. The summed E-state index contributed by atoms with van der Waals surface area (Å²) in [5.74, 6) is 0.795. The van der Waals surface area contributed by atoms with E-state index in [2.05, 4.69) is 17.0 Å². The quantitative estimate of drug-likeness (QED) is 0.608. The van der Waals surface area contributed by atoms with Gasteiger partial charge < -0.3 is 5.32 Å². The van der Waals surface area contributed by atoms with Crippen LogP contribution in [0.5, 0.6) is 0 Å². The molecular formula is C10H22N2O2S. The lowest BCUT2D eigenvalue weighted by atomic mass is 10.3. The van der Waals surface area contributed by atoms with Gasteiger partial charge in [-0.3, -0.25) is 0 Å². The van der Waals surface area contributed by atoms with Gasteiger partial charge in [0.25, 0.3) is 0 Å². The molecule has 1 saturated carbocycles. The Morgan fingerprint density at radius 2 is 2.00 bits per heavy atom. The van der Waals surface area contributed by atoms with Crippen LogP contribution >= 0.6 is 0 Å². The van der Waals surface area contributed by atoms with Gasteiger partial charge in [-0.1, -0.05) is 13.8 Å². The highest BCUT2D eigenvalue weighted by Crippen LogP contribution is 2.29. The van der Waals surface area contributed by atoms with E-state index in [4.69, 9.17) is 0 Å². The third-order valence-electron chi connectivity index (χ3n) is 2.71. The van der Waals surface area contributed by atoms with Crippen molar-refractivity contribution in [1.29, 1.82) is 0 Å². The van der Waals surface area contributed by atoms with E-state index in [-0.39, 0.29) is 11.8 Å². The number of hydrogen-bond donors (Lipinski definition) is 2. The minimum Gasteiger partial charge on any atom is -0.317 e. The first-order valence-electron chi connectivity index (χ1n) is 5.76. The molecule has 0 amide bonds. The lowest BCUT2D eigenvalue weighted by Crippen LogP contribution is -2.29. The number of hydrogen-bond acceptors (Lipinski definition) is 3. The zero-order valence-corrected chi connectivity index (χ0v) is 10.4. The molecule has 0 bridgehead atoms. The minimum absolute atomic E-state index is 0.212. The van der Waals surface area contributed by atoms with Crippen LogP contribution in [0.2, 0.25) is 0 Å². The average Bonchev–Trinajstić information content (AvgIpc) is 2.80. The Morgan fingerprint density at radius 1 is 1.33 bits per heavy atom. The van der Waals surface area contributed by atoms with Gasteiger partial charge in [-0.15, -0.1) is 0 Å². The zero-order chi connectivity index (χ0) is 11.3. The molecule has 1 aliphatic carbocycles. The van der Waals surface area contributed by atoms with Crippen molar-refractivity contribution in [1.82, 2.24) is 10.0 Å². The van der Waals surface area contributed by atoms with Crippen LogP contribution in [0.15, 0.2) is 0 Å². The number of rotatable bonds is 8. The van der Waals surface area contributed by atoms with Crippen LogP contribution in [0.1, 0.15) is 33.1 Å². The number of unbranched alkanes of at least 4 members (excludes halogenated alkanes) is 1. The molecule has 0 aromatic carbocycles. The topological polar surface area (TPSA) is 58.2 Å². The van der Waals surface area contributed by atoms with Crippen molar-refractivity contribution in [3.05, 3.63) is 0 Å². The molecule has 1 fully saturated rings. The van der Waals surface area contributed by atoms with Crippen LogP contribution in [0, 0.1) is 5.92 Å². The summed E-state index contributed by atoms with van der Waals surface area (Å²) >= 11 is 0. The molecule has 15 heavy (non-hydrogen) atoms. The van der Waals surface area contributed by atoms with Gasteiger partial charge in [0.05, 0.1) is 5.75 Å². The third kappa shape index (κ3) is 5.49. The number of sulfonamides is 1. The van der Waals surface area contributed by atoms with Crippen molar-refractivity contribution in [2.24, 2.45) is 5.92 Å². The normalized spacial score (nSPS) is 25.5. The van der Waals surface area contributed by atoms with Crippen LogP contribution in [0.3, 0.4) is 0 Å². The first-order valence-corrected chi connectivity index (χ1v) is 7.41. The van der Waals surface area contributed by atoms with Crippen LogP contribution in [-0.2, 0) is 10.0 Å². The summed E-state index contributed by atoms with van der Waals surface area (Å²) in [6.45, 7) is 5.97. The lowest BCUT2D eigenvalue weighted by molar-refractivity contribution is 0.571. The predicted molar refractivity (Wildman–Crippen MR) is 62.3 cm³/mol. The van der Waals surface area contributed by atoms with Gasteiger partial charge >= 0.3 is 0 Å². The monoisotopic (exact) mass is 234 g/mol. The Morgan fingerprint density at radius 3 is 2.53 bits per heavy atom. The summed E-state index contributed by atoms with van der Waals surface area (Å²) in [5.41, 5.74) is 0. The fourth-order valence-electron chi connectivity index (χ4n) is 1.49. The first kappa shape index (κ1) is 12.9. The predicted octanol–water partition coefficient (Wildman–Crippen LogP) is 0.704. The summed E-state index contributed by atoms with van der Waals surface area (Å²) in [4.78, 5) is 0. The van der Waals surface area contributed by atoms with Crippen LogP contribution in [-0.4, -0.2) is 33.3 Å². The van der Waals surface area contributed by atoms with E-state index in [0.29, 0.717) is 5.92 Å². The molecule has 90 valence electrons. The Bertz CT molecular complexity index is 277. The lowest BCUT2D eigenvalue weighted by Gasteiger charge is -2.05. The highest BCUT2D eigenvalue weighted by atomic mass is 32.2. The fourth-order valence-corrected chi connectivity index (χ4v) is 2.99. The molecule has 0 aliphatic heterocycles. The molecule has 0 radical (unpaired) electrons. The van der Waals surface area contributed by atoms with Gasteiger partial charge in [0.15, 0.2) is 0 Å². The first-order chi connectivity index (χ1) is 7.05. The van der Waals surface area contributed by atoms with E-state index in [0.717, 1.165) is 32.4 Å². The SMILES string of the molecule is CCNCCCCS(=O)(=O)NC1CC1C. The van der Waals surface area contributed by atoms with E-state index in [9.17, 15) is 8.42 Å². The molecule has 5 heteroatoms. The van der Waals surface area contributed by atoms with Gasteiger partial charge in [0.1, 0.15) is 0 Å². The van der Waals surface area contributed by atoms with E-state index in [1.54, 1.807) is 0 Å². The van der Waals surface area contributed by atoms with Gasteiger partial charge in [0, 0.05) is 6.04 Å². The van der Waals surface area contributed by atoms with Gasteiger partial charge in [-0.25, -0.2) is 13.1 Å². The second-order valence-electron chi connectivity index (χ2n) is 4.32. The smallest absolute Gasteiger partial charge is 0.211 e. The second kappa shape index (κ2) is 5.82. The van der Waals surface area contributed by atoms with E-state index in [1.165, 1.54) is 0 Å². The van der Waals surface area contributed by atoms with Crippen molar-refractivity contribution >= 4 is 10.0 Å². The Hall–Kier alpha value is -0.130. The standard InChI is InChI=1S/C10H22N2O2S/c1-3-11-6-4-5-7-15(13,14)12-10-8-9(10)2/h9-12H,3-8H2,1-2H3. The zero-order valence-electron chi connectivity index (χ0n) is 9.62. The molecule has 0 saturated heterocycles. The maximum Gasteiger partial charge on any atom is 0.211 e. The van der Waals surface area contributed by atoms with Crippen LogP contribution < -0.4 is 10.0 Å². The molecule has 1 aliphatic rings. The molecule has 2 N–H and O–H groups in total. The number of nitrogens with one attached hydrogen (secondary N) is 2. The molecule has 4 nitrogen and oxygen atoms in total. The summed E-state index contributed by atoms with van der Waals surface area (Å²) in [7, 11) is -3.02. The van der Waals surface area contributed by atoms with E-state index >= 15 is 0 Å². The van der Waals surface area contributed by atoms with Crippen LogP contribution in [0.4, 0.5) is 0 Å². The summed E-state index contributed by atoms with van der Waals surface area (Å²) in [6, 6.07) is 0.212. The Balaban J connectivity index is 2.08.